The van der Waals surface area contributed by atoms with Crippen LogP contribution in [0.3, 0.4) is 0 Å². The van der Waals surface area contributed by atoms with Crippen molar-refractivity contribution in [2.24, 2.45) is 0 Å². The van der Waals surface area contributed by atoms with Crippen LogP contribution < -0.4 is 0 Å². The molecule has 0 saturated heterocycles. The minimum Gasteiger partial charge on any atom is -0.195 e. The van der Waals surface area contributed by atoms with Gasteiger partial charge in [-0.05, 0) is 0 Å². The van der Waals surface area contributed by atoms with Gasteiger partial charge < -0.3 is 0 Å². The zero-order chi connectivity index (χ0) is 16.7. The Morgan fingerprint density at radius 2 is 1.33 bits per heavy atom. The predicted octanol–water partition coefficient (Wildman–Crippen LogP) is 1.80. The van der Waals surface area contributed by atoms with Gasteiger partial charge >= 0.3 is 31.1 Å². The Morgan fingerprint density at radius 1 is 0.905 bits per heavy atom. The topological polar surface area (TPSA) is 71.5 Å². The third kappa shape index (κ3) is 3.04. The van der Waals surface area contributed by atoms with Crippen molar-refractivity contribution in [2.75, 3.05) is 0 Å². The van der Waals surface area contributed by atoms with E-state index in [1.54, 1.807) is 0 Å². The molecule has 0 aromatic heterocycles. The maximum absolute atomic E-state index is 12.4. The van der Waals surface area contributed by atoms with Crippen LogP contribution in [0.1, 0.15) is 0 Å². The van der Waals surface area contributed by atoms with Crippen molar-refractivity contribution in [3.63, 3.8) is 0 Å². The van der Waals surface area contributed by atoms with Gasteiger partial charge in [0, 0.05) is 12.2 Å². The molecule has 21 heavy (non-hydrogen) atoms. The van der Waals surface area contributed by atoms with E-state index in [0.29, 0.717) is 12.2 Å². The van der Waals surface area contributed by atoms with Crippen molar-refractivity contribution in [3.05, 3.63) is 36.1 Å². The molecule has 0 amide bonds. The summed E-state index contributed by atoms with van der Waals surface area (Å²) in [4.78, 5) is 0. The monoisotopic (exact) mass is 356 g/mol. The first-order valence-corrected chi connectivity index (χ1v) is 7.50. The van der Waals surface area contributed by atoms with Crippen LogP contribution in [0.25, 0.3) is 0 Å². The second kappa shape index (κ2) is 5.00. The number of sulfonamides is 2. The highest BCUT2D eigenvalue weighted by molar-refractivity contribution is 8.05. The molecule has 0 aromatic carbocycles. The molecule has 0 N–H and O–H groups in total. The summed E-state index contributed by atoms with van der Waals surface area (Å²) in [6, 6.07) is 0. The van der Waals surface area contributed by atoms with Crippen molar-refractivity contribution in [1.82, 2.24) is 3.71 Å². The Labute approximate surface area is 114 Å². The lowest BCUT2D eigenvalue weighted by Crippen LogP contribution is -2.48. The first-order valence-electron chi connectivity index (χ1n) is 4.62. The van der Waals surface area contributed by atoms with Crippen LogP contribution in [0.2, 0.25) is 0 Å². The Morgan fingerprint density at radius 3 is 1.62 bits per heavy atom. The fourth-order valence-electron chi connectivity index (χ4n) is 1.09. The molecule has 13 heteroatoms. The Kier molecular flexibility index (Phi) is 4.16. The van der Waals surface area contributed by atoms with Crippen molar-refractivity contribution in [2.45, 2.75) is 11.0 Å². The van der Waals surface area contributed by atoms with E-state index in [1.165, 1.54) is 0 Å². The highest BCUT2D eigenvalue weighted by atomic mass is 32.3. The van der Waals surface area contributed by atoms with Crippen LogP contribution in [-0.2, 0) is 20.0 Å². The summed E-state index contributed by atoms with van der Waals surface area (Å²) in [6.45, 7) is 0. The van der Waals surface area contributed by atoms with Crippen LogP contribution in [0.5, 0.6) is 0 Å². The van der Waals surface area contributed by atoms with E-state index in [2.05, 4.69) is 0 Å². The van der Waals surface area contributed by atoms with E-state index in [-0.39, 0.29) is 0 Å². The smallest absolute Gasteiger partial charge is 0.195 e. The summed E-state index contributed by atoms with van der Waals surface area (Å²) < 4.78 is 117. The first-order chi connectivity index (χ1) is 9.23. The Balaban J connectivity index is 3.67. The van der Waals surface area contributed by atoms with Crippen LogP contribution in [0.4, 0.5) is 26.3 Å². The van der Waals surface area contributed by atoms with E-state index in [0.717, 1.165) is 12.2 Å². The van der Waals surface area contributed by atoms with Gasteiger partial charge in [0.2, 0.25) is 0 Å². The van der Waals surface area contributed by atoms with Crippen LogP contribution in [0, 0.1) is 6.08 Å². The van der Waals surface area contributed by atoms with Gasteiger partial charge in [0.05, 0.1) is 6.08 Å². The molecule has 0 unspecified atom stereocenters. The predicted molar refractivity (Wildman–Crippen MR) is 56.8 cm³/mol. The highest BCUT2D eigenvalue weighted by Gasteiger charge is 2.63. The number of rotatable bonds is 3. The van der Waals surface area contributed by atoms with Crippen molar-refractivity contribution in [3.8, 4) is 0 Å². The SMILES string of the molecule is O=S(=O)(N(C1=CC=C[C+]=C1)S(=O)(=O)C(F)(F)F)C(F)(F)F. The van der Waals surface area contributed by atoms with Crippen molar-refractivity contribution in [1.29, 1.82) is 0 Å². The number of nitrogens with zero attached hydrogens (tertiary/aromatic N) is 1. The standard InChI is InChI=1S/C8H4F6NO4S2/c9-7(10,11)20(16,17)15(6-4-2-1-3-5-6)21(18,19)8(12,13)14/h1-2,4-5H/q+1. The highest BCUT2D eigenvalue weighted by Crippen LogP contribution is 2.38. The quantitative estimate of drug-likeness (QED) is 0.571. The molecule has 0 fully saturated rings. The molecule has 1 rings (SSSR count). The molecular weight excluding hydrogens is 352 g/mol. The number of halogens is 6. The third-order valence-electron chi connectivity index (χ3n) is 1.92. The van der Waals surface area contributed by atoms with E-state index in [1.807, 2.05) is 6.08 Å². The molecular formula is C8H4F6NO4S2+. The fraction of sp³-hybridized carbons (Fsp3) is 0.250. The van der Waals surface area contributed by atoms with E-state index >= 15 is 0 Å². The van der Waals surface area contributed by atoms with Gasteiger partial charge in [-0.15, -0.1) is 0 Å². The molecule has 0 aromatic rings. The lowest BCUT2D eigenvalue weighted by atomic mass is 10.3. The molecule has 0 saturated carbocycles. The minimum atomic E-state index is -6.83. The summed E-state index contributed by atoms with van der Waals surface area (Å²) in [7, 11) is -13.7. The van der Waals surface area contributed by atoms with Crippen LogP contribution >= 0.6 is 0 Å². The fourth-order valence-corrected chi connectivity index (χ4v) is 3.79. The summed E-state index contributed by atoms with van der Waals surface area (Å²) in [5, 5.41) is 0. The molecule has 5 nitrogen and oxygen atoms in total. The van der Waals surface area contributed by atoms with Gasteiger partial charge in [0.25, 0.3) is 0 Å². The lowest BCUT2D eigenvalue weighted by Gasteiger charge is -2.22. The summed E-state index contributed by atoms with van der Waals surface area (Å²) >= 11 is 0. The van der Waals surface area contributed by atoms with E-state index < -0.39 is 40.5 Å². The number of hydrogen-bond acceptors (Lipinski definition) is 4. The first kappa shape index (κ1) is 17.5. The average molecular weight is 356 g/mol. The van der Waals surface area contributed by atoms with E-state index in [4.69, 9.17) is 0 Å². The maximum Gasteiger partial charge on any atom is 0.518 e. The molecule has 0 radical (unpaired) electrons. The summed E-state index contributed by atoms with van der Waals surface area (Å²) in [5.41, 5.74) is -13.9. The van der Waals surface area contributed by atoms with E-state index in [9.17, 15) is 43.2 Å². The largest absolute Gasteiger partial charge is 0.518 e. The molecule has 1 aliphatic rings. The molecule has 0 spiro atoms. The maximum atomic E-state index is 12.4. The van der Waals surface area contributed by atoms with Crippen LogP contribution in [0.15, 0.2) is 30.0 Å². The average Bonchev–Trinajstić information content (AvgIpc) is 2.26. The van der Waals surface area contributed by atoms with Crippen molar-refractivity contribution >= 4 is 20.0 Å². The zero-order valence-corrected chi connectivity index (χ0v) is 11.1. The third-order valence-corrected chi connectivity index (χ3v) is 5.57. The lowest BCUT2D eigenvalue weighted by molar-refractivity contribution is -0.0519. The zero-order valence-electron chi connectivity index (χ0n) is 9.47. The Hall–Kier alpha value is -1.59. The van der Waals surface area contributed by atoms with Gasteiger partial charge in [-0.2, -0.15) is 43.2 Å². The van der Waals surface area contributed by atoms with Gasteiger partial charge in [0.15, 0.2) is 5.70 Å². The molecule has 0 heterocycles. The number of allylic oxidation sites excluding steroid dienone is 5. The molecule has 118 valence electrons. The van der Waals surface area contributed by atoms with Gasteiger partial charge in [0.1, 0.15) is 12.2 Å². The van der Waals surface area contributed by atoms with Gasteiger partial charge in [-0.1, -0.05) is 3.71 Å². The van der Waals surface area contributed by atoms with Gasteiger partial charge in [-0.3, -0.25) is 0 Å². The van der Waals surface area contributed by atoms with Crippen LogP contribution in [-0.4, -0.2) is 31.6 Å². The second-order valence-electron chi connectivity index (χ2n) is 3.36. The molecule has 0 atom stereocenters. The van der Waals surface area contributed by atoms with Gasteiger partial charge in [-0.25, -0.2) is 0 Å². The number of hydrogen-bond donors (Lipinski definition) is 0. The number of alkyl halides is 6. The Bertz CT molecular complexity index is 667. The second-order valence-corrected chi connectivity index (χ2v) is 7.15. The van der Waals surface area contributed by atoms with Crippen molar-refractivity contribution < 1.29 is 43.2 Å². The summed E-state index contributed by atoms with van der Waals surface area (Å²) in [5.74, 6) is 0. The normalized spacial score (nSPS) is 16.4. The minimum absolute atomic E-state index is 0.354. The molecule has 1 aliphatic carbocycles. The molecule has 0 bridgehead atoms. The summed E-state index contributed by atoms with van der Waals surface area (Å²) in [6.07, 6.45) is 4.62. The molecule has 0 aliphatic heterocycles.